The predicted molar refractivity (Wildman–Crippen MR) is 66.4 cm³/mol. The molecule has 1 aromatic rings. The smallest absolute Gasteiger partial charge is 0.317 e. The Morgan fingerprint density at radius 2 is 2.06 bits per heavy atom. The number of hydrogen-bond acceptors (Lipinski definition) is 4. The lowest BCUT2D eigenvalue weighted by Gasteiger charge is -2.37. The Bertz CT molecular complexity index is 421. The number of amides is 2. The number of carbonyl (C=O) groups excluding carboxylic acids is 1. The van der Waals surface area contributed by atoms with E-state index in [1.807, 2.05) is 27.7 Å². The van der Waals surface area contributed by atoms with Crippen LogP contribution in [0, 0.1) is 0 Å². The third-order valence-corrected chi connectivity index (χ3v) is 2.90. The van der Waals surface area contributed by atoms with Crippen LogP contribution >= 0.6 is 0 Å². The molecule has 0 radical (unpaired) electrons. The first-order chi connectivity index (χ1) is 8.47. The second kappa shape index (κ2) is 4.96. The average molecular weight is 252 g/mol. The Labute approximate surface area is 107 Å². The SMILES string of the molecule is CC(C)NC(=O)N1CC(c2nc(C(C)C)no2)C1. The van der Waals surface area contributed by atoms with E-state index in [0.29, 0.717) is 19.0 Å². The van der Waals surface area contributed by atoms with E-state index in [0.717, 1.165) is 5.82 Å². The monoisotopic (exact) mass is 252 g/mol. The van der Waals surface area contributed by atoms with Crippen molar-refractivity contribution in [2.24, 2.45) is 0 Å². The van der Waals surface area contributed by atoms with E-state index in [9.17, 15) is 4.79 Å². The molecule has 2 amide bonds. The summed E-state index contributed by atoms with van der Waals surface area (Å²) in [4.78, 5) is 17.8. The molecule has 1 saturated heterocycles. The summed E-state index contributed by atoms with van der Waals surface area (Å²) in [6, 6.07) is 0.136. The van der Waals surface area contributed by atoms with Gasteiger partial charge < -0.3 is 14.7 Å². The van der Waals surface area contributed by atoms with E-state index in [2.05, 4.69) is 15.5 Å². The van der Waals surface area contributed by atoms with Gasteiger partial charge in [-0.15, -0.1) is 0 Å². The summed E-state index contributed by atoms with van der Waals surface area (Å²) in [5.74, 6) is 1.83. The number of rotatable bonds is 3. The molecule has 2 heterocycles. The lowest BCUT2D eigenvalue weighted by Crippen LogP contribution is -2.53. The fourth-order valence-electron chi connectivity index (χ4n) is 1.79. The van der Waals surface area contributed by atoms with Crippen LogP contribution in [-0.4, -0.2) is 40.2 Å². The number of aromatic nitrogens is 2. The minimum Gasteiger partial charge on any atom is -0.339 e. The van der Waals surface area contributed by atoms with Crippen molar-refractivity contribution in [1.29, 1.82) is 0 Å². The van der Waals surface area contributed by atoms with E-state index in [1.54, 1.807) is 4.90 Å². The number of carbonyl (C=O) groups is 1. The fourth-order valence-corrected chi connectivity index (χ4v) is 1.79. The molecule has 6 nitrogen and oxygen atoms in total. The van der Waals surface area contributed by atoms with Crippen LogP contribution in [0.4, 0.5) is 4.79 Å². The van der Waals surface area contributed by atoms with Gasteiger partial charge in [0.05, 0.1) is 5.92 Å². The molecule has 0 spiro atoms. The molecule has 18 heavy (non-hydrogen) atoms. The van der Waals surface area contributed by atoms with Crippen LogP contribution in [0.25, 0.3) is 0 Å². The molecular weight excluding hydrogens is 232 g/mol. The van der Waals surface area contributed by atoms with Gasteiger partial charge in [0.15, 0.2) is 5.82 Å². The molecule has 1 aliphatic rings. The summed E-state index contributed by atoms with van der Waals surface area (Å²) >= 11 is 0. The summed E-state index contributed by atoms with van der Waals surface area (Å²) in [5, 5.41) is 6.79. The van der Waals surface area contributed by atoms with Crippen molar-refractivity contribution in [3.8, 4) is 0 Å². The zero-order valence-electron chi connectivity index (χ0n) is 11.3. The lowest BCUT2D eigenvalue weighted by molar-refractivity contribution is 0.135. The van der Waals surface area contributed by atoms with Gasteiger partial charge in [0.25, 0.3) is 0 Å². The summed E-state index contributed by atoms with van der Waals surface area (Å²) in [6.45, 7) is 9.25. The van der Waals surface area contributed by atoms with Crippen LogP contribution in [0.2, 0.25) is 0 Å². The number of hydrogen-bond donors (Lipinski definition) is 1. The molecule has 1 fully saturated rings. The van der Waals surface area contributed by atoms with Crippen LogP contribution in [0.1, 0.15) is 51.2 Å². The van der Waals surface area contributed by atoms with Crippen LogP contribution in [0.5, 0.6) is 0 Å². The standard InChI is InChI=1S/C12H20N4O2/c1-7(2)10-14-11(18-15-10)9-5-16(6-9)12(17)13-8(3)4/h7-9H,5-6H2,1-4H3,(H,13,17). The third kappa shape index (κ3) is 2.63. The highest BCUT2D eigenvalue weighted by Gasteiger charge is 2.35. The largest absolute Gasteiger partial charge is 0.339 e. The maximum Gasteiger partial charge on any atom is 0.317 e. The first-order valence-electron chi connectivity index (χ1n) is 6.36. The van der Waals surface area contributed by atoms with Gasteiger partial charge in [-0.1, -0.05) is 19.0 Å². The molecule has 1 N–H and O–H groups in total. The molecule has 6 heteroatoms. The minimum absolute atomic E-state index is 0.0233. The van der Waals surface area contributed by atoms with E-state index in [-0.39, 0.29) is 23.9 Å². The van der Waals surface area contributed by atoms with Crippen LogP contribution in [0.15, 0.2) is 4.52 Å². The number of nitrogens with one attached hydrogen (secondary N) is 1. The summed E-state index contributed by atoms with van der Waals surface area (Å²) in [7, 11) is 0. The molecule has 0 aliphatic carbocycles. The molecule has 0 atom stereocenters. The zero-order chi connectivity index (χ0) is 13.3. The Kier molecular flexibility index (Phi) is 3.54. The molecule has 2 rings (SSSR count). The van der Waals surface area contributed by atoms with Crippen molar-refractivity contribution in [2.75, 3.05) is 13.1 Å². The van der Waals surface area contributed by atoms with Crippen molar-refractivity contribution < 1.29 is 9.32 Å². The second-order valence-corrected chi connectivity index (χ2v) is 5.35. The van der Waals surface area contributed by atoms with Crippen molar-refractivity contribution in [1.82, 2.24) is 20.4 Å². The van der Waals surface area contributed by atoms with Gasteiger partial charge in [0.2, 0.25) is 5.89 Å². The van der Waals surface area contributed by atoms with Crippen molar-refractivity contribution in [2.45, 2.75) is 45.6 Å². The molecule has 100 valence electrons. The highest BCUT2D eigenvalue weighted by Crippen LogP contribution is 2.26. The molecule has 0 saturated carbocycles. The molecule has 1 aromatic heterocycles. The van der Waals surface area contributed by atoms with E-state index in [4.69, 9.17) is 4.52 Å². The second-order valence-electron chi connectivity index (χ2n) is 5.35. The zero-order valence-corrected chi connectivity index (χ0v) is 11.3. The van der Waals surface area contributed by atoms with Crippen LogP contribution < -0.4 is 5.32 Å². The van der Waals surface area contributed by atoms with Gasteiger partial charge in [-0.05, 0) is 13.8 Å². The Hall–Kier alpha value is -1.59. The fraction of sp³-hybridized carbons (Fsp3) is 0.750. The topological polar surface area (TPSA) is 71.3 Å². The molecule has 0 aromatic carbocycles. The quantitative estimate of drug-likeness (QED) is 0.889. The number of nitrogens with zero attached hydrogens (tertiary/aromatic N) is 3. The normalized spacial score (nSPS) is 16.2. The third-order valence-electron chi connectivity index (χ3n) is 2.90. The van der Waals surface area contributed by atoms with Crippen molar-refractivity contribution >= 4 is 6.03 Å². The minimum atomic E-state index is -0.0233. The summed E-state index contributed by atoms with van der Waals surface area (Å²) < 4.78 is 5.22. The maximum absolute atomic E-state index is 11.7. The highest BCUT2D eigenvalue weighted by molar-refractivity contribution is 5.75. The molecule has 1 aliphatic heterocycles. The van der Waals surface area contributed by atoms with Gasteiger partial charge in [-0.25, -0.2) is 4.79 Å². The van der Waals surface area contributed by atoms with Gasteiger partial charge in [-0.3, -0.25) is 0 Å². The van der Waals surface area contributed by atoms with Gasteiger partial charge in [0.1, 0.15) is 0 Å². The van der Waals surface area contributed by atoms with E-state index >= 15 is 0 Å². The predicted octanol–water partition coefficient (Wildman–Crippen LogP) is 1.71. The van der Waals surface area contributed by atoms with E-state index < -0.39 is 0 Å². The number of urea groups is 1. The van der Waals surface area contributed by atoms with Gasteiger partial charge in [0, 0.05) is 25.0 Å². The van der Waals surface area contributed by atoms with Crippen molar-refractivity contribution in [3.05, 3.63) is 11.7 Å². The molecular formula is C12H20N4O2. The maximum atomic E-state index is 11.7. The van der Waals surface area contributed by atoms with Gasteiger partial charge in [-0.2, -0.15) is 4.98 Å². The van der Waals surface area contributed by atoms with Crippen LogP contribution in [-0.2, 0) is 0 Å². The Morgan fingerprint density at radius 1 is 1.39 bits per heavy atom. The lowest BCUT2D eigenvalue weighted by atomic mass is 10.0. The summed E-state index contributed by atoms with van der Waals surface area (Å²) in [6.07, 6.45) is 0. The first kappa shape index (κ1) is 12.9. The van der Waals surface area contributed by atoms with E-state index in [1.165, 1.54) is 0 Å². The van der Waals surface area contributed by atoms with Crippen molar-refractivity contribution in [3.63, 3.8) is 0 Å². The Morgan fingerprint density at radius 3 is 2.56 bits per heavy atom. The average Bonchev–Trinajstić information content (AvgIpc) is 2.62. The highest BCUT2D eigenvalue weighted by atomic mass is 16.5. The first-order valence-corrected chi connectivity index (χ1v) is 6.36. The molecule has 0 unspecified atom stereocenters. The summed E-state index contributed by atoms with van der Waals surface area (Å²) in [5.41, 5.74) is 0. The van der Waals surface area contributed by atoms with Gasteiger partial charge >= 0.3 is 6.03 Å². The number of likely N-dealkylation sites (tertiary alicyclic amines) is 1. The van der Waals surface area contributed by atoms with Crippen LogP contribution in [0.3, 0.4) is 0 Å². The Balaban J connectivity index is 1.86. The molecule has 0 bridgehead atoms.